The van der Waals surface area contributed by atoms with Crippen molar-refractivity contribution in [3.05, 3.63) is 76.1 Å². The summed E-state index contributed by atoms with van der Waals surface area (Å²) in [7, 11) is 0. The number of carbonyl (C=O) groups excluding carboxylic acids is 1. The number of halogens is 1. The second-order valence-corrected chi connectivity index (χ2v) is 6.22. The average molecular weight is 353 g/mol. The lowest BCUT2D eigenvalue weighted by Crippen LogP contribution is -2.24. The molecule has 1 heterocycles. The standard InChI is InChI=1S/C20H20FN3O2/c1-14-11-15(8-9-17(14)21)12-22-19(25)7-4-10-24-13-23-18-6-3-2-5-16(18)20(24)26/h2-3,5-6,8-9,11,13H,4,7,10,12H2,1H3,(H,22,25). The van der Waals surface area contributed by atoms with Gasteiger partial charge in [0.25, 0.3) is 5.56 Å². The fourth-order valence-electron chi connectivity index (χ4n) is 2.78. The third kappa shape index (κ3) is 4.14. The molecule has 0 radical (unpaired) electrons. The van der Waals surface area contributed by atoms with E-state index in [1.54, 1.807) is 37.3 Å². The van der Waals surface area contributed by atoms with E-state index in [0.29, 0.717) is 42.4 Å². The molecule has 6 heteroatoms. The van der Waals surface area contributed by atoms with Gasteiger partial charge >= 0.3 is 0 Å². The Hall–Kier alpha value is -3.02. The number of nitrogens with one attached hydrogen (secondary N) is 1. The first-order chi connectivity index (χ1) is 12.5. The van der Waals surface area contributed by atoms with Crippen LogP contribution in [0.1, 0.15) is 24.0 Å². The zero-order valence-corrected chi connectivity index (χ0v) is 14.5. The van der Waals surface area contributed by atoms with E-state index in [1.807, 2.05) is 6.07 Å². The second kappa shape index (κ2) is 7.91. The number of benzene rings is 2. The first kappa shape index (κ1) is 17.8. The number of amides is 1. The highest BCUT2D eigenvalue weighted by molar-refractivity contribution is 5.77. The number of aryl methyl sites for hydroxylation is 2. The molecule has 26 heavy (non-hydrogen) atoms. The van der Waals surface area contributed by atoms with Crippen LogP contribution < -0.4 is 10.9 Å². The Labute approximate surface area is 150 Å². The average Bonchev–Trinajstić information content (AvgIpc) is 2.65. The molecule has 0 bridgehead atoms. The summed E-state index contributed by atoms with van der Waals surface area (Å²) < 4.78 is 14.8. The molecule has 0 aliphatic rings. The van der Waals surface area contributed by atoms with Gasteiger partial charge in [-0.05, 0) is 42.7 Å². The van der Waals surface area contributed by atoms with Crippen LogP contribution in [0.5, 0.6) is 0 Å². The molecule has 0 fully saturated rings. The molecular weight excluding hydrogens is 333 g/mol. The van der Waals surface area contributed by atoms with Crippen molar-refractivity contribution in [2.75, 3.05) is 0 Å². The number of hydrogen-bond acceptors (Lipinski definition) is 3. The lowest BCUT2D eigenvalue weighted by atomic mass is 10.1. The first-order valence-corrected chi connectivity index (χ1v) is 8.50. The molecule has 0 aliphatic carbocycles. The smallest absolute Gasteiger partial charge is 0.261 e. The fourth-order valence-corrected chi connectivity index (χ4v) is 2.78. The minimum atomic E-state index is -0.255. The Kier molecular flexibility index (Phi) is 5.41. The molecule has 0 atom stereocenters. The van der Waals surface area contributed by atoms with Gasteiger partial charge in [0.2, 0.25) is 5.91 Å². The first-order valence-electron chi connectivity index (χ1n) is 8.50. The van der Waals surface area contributed by atoms with E-state index in [-0.39, 0.29) is 17.3 Å². The van der Waals surface area contributed by atoms with E-state index >= 15 is 0 Å². The minimum Gasteiger partial charge on any atom is -0.352 e. The largest absolute Gasteiger partial charge is 0.352 e. The van der Waals surface area contributed by atoms with Gasteiger partial charge in [-0.15, -0.1) is 0 Å². The van der Waals surface area contributed by atoms with E-state index in [0.717, 1.165) is 5.56 Å². The Bertz CT molecular complexity index is 998. The van der Waals surface area contributed by atoms with Gasteiger partial charge in [-0.2, -0.15) is 0 Å². The zero-order valence-electron chi connectivity index (χ0n) is 14.5. The Balaban J connectivity index is 1.51. The van der Waals surface area contributed by atoms with E-state index < -0.39 is 0 Å². The van der Waals surface area contributed by atoms with Gasteiger partial charge in [0, 0.05) is 19.5 Å². The fraction of sp³-hybridized carbons (Fsp3) is 0.250. The number of nitrogens with zero attached hydrogens (tertiary/aromatic N) is 2. The van der Waals surface area contributed by atoms with Crippen LogP contribution in [-0.4, -0.2) is 15.5 Å². The maximum absolute atomic E-state index is 13.2. The lowest BCUT2D eigenvalue weighted by molar-refractivity contribution is -0.121. The summed E-state index contributed by atoms with van der Waals surface area (Å²) in [5, 5.41) is 3.39. The molecule has 1 aromatic heterocycles. The number of para-hydroxylation sites is 1. The summed E-state index contributed by atoms with van der Waals surface area (Å²) in [4.78, 5) is 28.6. The molecule has 134 valence electrons. The van der Waals surface area contributed by atoms with Gasteiger partial charge in [0.1, 0.15) is 5.82 Å². The van der Waals surface area contributed by atoms with Crippen LogP contribution in [0.25, 0.3) is 10.9 Å². The van der Waals surface area contributed by atoms with Crippen molar-refractivity contribution in [3.63, 3.8) is 0 Å². The van der Waals surface area contributed by atoms with Crippen LogP contribution in [-0.2, 0) is 17.9 Å². The molecule has 0 saturated carbocycles. The summed E-state index contributed by atoms with van der Waals surface area (Å²) in [5.74, 6) is -0.358. The van der Waals surface area contributed by atoms with Gasteiger partial charge in [0.05, 0.1) is 17.2 Å². The van der Waals surface area contributed by atoms with Crippen LogP contribution >= 0.6 is 0 Å². The van der Waals surface area contributed by atoms with Crippen LogP contribution in [0.15, 0.2) is 53.6 Å². The third-order valence-electron chi connectivity index (χ3n) is 4.25. The number of carbonyl (C=O) groups is 1. The molecule has 2 aromatic carbocycles. The summed E-state index contributed by atoms with van der Waals surface area (Å²) in [6, 6.07) is 12.0. The highest BCUT2D eigenvalue weighted by atomic mass is 19.1. The van der Waals surface area contributed by atoms with Crippen LogP contribution in [0, 0.1) is 12.7 Å². The summed E-state index contributed by atoms with van der Waals surface area (Å²) in [6.07, 6.45) is 2.36. The van der Waals surface area contributed by atoms with Crippen molar-refractivity contribution < 1.29 is 9.18 Å². The predicted octanol–water partition coefficient (Wildman–Crippen LogP) is 2.94. The maximum Gasteiger partial charge on any atom is 0.261 e. The van der Waals surface area contributed by atoms with Crippen molar-refractivity contribution in [2.45, 2.75) is 32.9 Å². The third-order valence-corrected chi connectivity index (χ3v) is 4.25. The normalized spacial score (nSPS) is 10.8. The Morgan fingerprint density at radius 3 is 2.85 bits per heavy atom. The minimum absolute atomic E-state index is 0.0993. The highest BCUT2D eigenvalue weighted by Gasteiger charge is 2.06. The molecule has 3 aromatic rings. The van der Waals surface area contributed by atoms with Crippen molar-refractivity contribution in [3.8, 4) is 0 Å². The van der Waals surface area contributed by atoms with Crippen LogP contribution in [0.4, 0.5) is 4.39 Å². The molecule has 0 aliphatic heterocycles. The lowest BCUT2D eigenvalue weighted by Gasteiger charge is -2.08. The zero-order chi connectivity index (χ0) is 18.5. The van der Waals surface area contributed by atoms with Gasteiger partial charge in [-0.25, -0.2) is 9.37 Å². The van der Waals surface area contributed by atoms with E-state index in [1.165, 1.54) is 17.0 Å². The van der Waals surface area contributed by atoms with Gasteiger partial charge in [-0.1, -0.05) is 24.3 Å². The number of rotatable bonds is 6. The molecule has 3 rings (SSSR count). The number of aromatic nitrogens is 2. The molecular formula is C20H20FN3O2. The topological polar surface area (TPSA) is 64.0 Å². The molecule has 1 N–H and O–H groups in total. The summed E-state index contributed by atoms with van der Waals surface area (Å²) >= 11 is 0. The van der Waals surface area contributed by atoms with E-state index in [4.69, 9.17) is 0 Å². The highest BCUT2D eigenvalue weighted by Crippen LogP contribution is 2.09. The van der Waals surface area contributed by atoms with Gasteiger partial charge < -0.3 is 5.32 Å². The maximum atomic E-state index is 13.2. The van der Waals surface area contributed by atoms with Crippen LogP contribution in [0.3, 0.4) is 0 Å². The quantitative estimate of drug-likeness (QED) is 0.741. The molecule has 0 saturated heterocycles. The van der Waals surface area contributed by atoms with Crippen molar-refractivity contribution in [2.24, 2.45) is 0 Å². The van der Waals surface area contributed by atoms with Crippen molar-refractivity contribution in [1.29, 1.82) is 0 Å². The number of hydrogen-bond donors (Lipinski definition) is 1. The number of fused-ring (bicyclic) bond motifs is 1. The van der Waals surface area contributed by atoms with E-state index in [2.05, 4.69) is 10.3 Å². The molecule has 5 nitrogen and oxygen atoms in total. The SMILES string of the molecule is Cc1cc(CNC(=O)CCCn2cnc3ccccc3c2=O)ccc1F. The summed E-state index contributed by atoms with van der Waals surface area (Å²) in [5.41, 5.74) is 1.98. The Morgan fingerprint density at radius 2 is 2.04 bits per heavy atom. The Morgan fingerprint density at radius 1 is 1.23 bits per heavy atom. The summed E-state index contributed by atoms with van der Waals surface area (Å²) in [6.45, 7) is 2.48. The molecule has 1 amide bonds. The van der Waals surface area contributed by atoms with Crippen molar-refractivity contribution in [1.82, 2.24) is 14.9 Å². The predicted molar refractivity (Wildman–Crippen MR) is 98.2 cm³/mol. The van der Waals surface area contributed by atoms with E-state index in [9.17, 15) is 14.0 Å². The van der Waals surface area contributed by atoms with Gasteiger partial charge in [-0.3, -0.25) is 14.2 Å². The molecule has 0 spiro atoms. The van der Waals surface area contributed by atoms with Gasteiger partial charge in [0.15, 0.2) is 0 Å². The van der Waals surface area contributed by atoms with Crippen LogP contribution in [0.2, 0.25) is 0 Å². The second-order valence-electron chi connectivity index (χ2n) is 6.22. The van der Waals surface area contributed by atoms with Crippen molar-refractivity contribution >= 4 is 16.8 Å². The molecule has 0 unspecified atom stereocenters. The monoisotopic (exact) mass is 353 g/mol.